The van der Waals surface area contributed by atoms with Gasteiger partial charge >= 0.3 is 0 Å². The van der Waals surface area contributed by atoms with Gasteiger partial charge in [0.2, 0.25) is 0 Å². The molecule has 0 N–H and O–H groups in total. The Morgan fingerprint density at radius 2 is 0.833 bits per heavy atom. The summed E-state index contributed by atoms with van der Waals surface area (Å²) in [6, 6.07) is 41.9. The van der Waals surface area contributed by atoms with Gasteiger partial charge in [0.1, 0.15) is 5.40 Å². The average molecular weight is 428 g/mol. The van der Waals surface area contributed by atoms with Crippen LogP contribution in [0.3, 0.4) is 0 Å². The summed E-state index contributed by atoms with van der Waals surface area (Å²) in [5.74, 6) is 0. The molecule has 150 valence electrons. The lowest BCUT2D eigenvalue weighted by atomic mass is 10.4. The van der Waals surface area contributed by atoms with Crippen molar-refractivity contribution < 1.29 is 0 Å². The van der Waals surface area contributed by atoms with E-state index in [1.165, 1.54) is 27.7 Å². The van der Waals surface area contributed by atoms with E-state index < -0.39 is 7.92 Å². The molecule has 30 heavy (non-hydrogen) atoms. The van der Waals surface area contributed by atoms with Crippen LogP contribution in [0, 0.1) is 10.7 Å². The Labute approximate surface area is 186 Å². The highest BCUT2D eigenvalue weighted by Crippen LogP contribution is 2.32. The molecule has 0 aliphatic heterocycles. The second-order valence-corrected chi connectivity index (χ2v) is 8.93. The topological polar surface area (TPSA) is 23.8 Å². The van der Waals surface area contributed by atoms with E-state index in [-0.39, 0.29) is 0 Å². The average Bonchev–Trinajstić information content (AvgIpc) is 2.84. The minimum atomic E-state index is -0.446. The van der Waals surface area contributed by atoms with Crippen LogP contribution in [-0.4, -0.2) is 0 Å². The van der Waals surface area contributed by atoms with Crippen molar-refractivity contribution in [3.8, 4) is 5.40 Å². The van der Waals surface area contributed by atoms with E-state index in [4.69, 9.17) is 5.26 Å². The summed E-state index contributed by atoms with van der Waals surface area (Å²) in [6.45, 7) is 4.00. The largest absolute Gasteiger partial charge is 0.185 e. The number of hydrogen-bond acceptors (Lipinski definition) is 2. The smallest absolute Gasteiger partial charge is 0.138 e. The minimum Gasteiger partial charge on any atom is -0.185 e. The highest BCUT2D eigenvalue weighted by atomic mass is 32.2. The van der Waals surface area contributed by atoms with Gasteiger partial charge in [0, 0.05) is 4.90 Å². The van der Waals surface area contributed by atoms with Crippen LogP contribution in [-0.2, 0) is 0 Å². The van der Waals surface area contributed by atoms with Gasteiger partial charge in [0.15, 0.2) is 0 Å². The third kappa shape index (κ3) is 7.53. The fourth-order valence-corrected chi connectivity index (χ4v) is 5.42. The van der Waals surface area contributed by atoms with E-state index in [1.54, 1.807) is 0 Å². The molecule has 0 unspecified atom stereocenters. The molecule has 0 aliphatic rings. The summed E-state index contributed by atoms with van der Waals surface area (Å²) >= 11 is 1.18. The van der Waals surface area contributed by atoms with Crippen molar-refractivity contribution in [3.63, 3.8) is 0 Å². The maximum absolute atomic E-state index is 8.23. The Morgan fingerprint density at radius 1 is 0.533 bits per heavy atom. The summed E-state index contributed by atoms with van der Waals surface area (Å²) in [5.41, 5.74) is 0. The van der Waals surface area contributed by atoms with E-state index in [9.17, 15) is 0 Å². The maximum Gasteiger partial charge on any atom is 0.138 e. The Balaban J connectivity index is 0.000000245. The molecule has 0 aliphatic carbocycles. The van der Waals surface area contributed by atoms with Gasteiger partial charge in [0.05, 0.1) is 0 Å². The summed E-state index contributed by atoms with van der Waals surface area (Å²) in [4.78, 5) is 1.00. The number of hydrogen-bond donors (Lipinski definition) is 0. The molecule has 1 nitrogen and oxygen atoms in total. The molecule has 4 rings (SSSR count). The number of nitrogens with zero attached hydrogens (tertiary/aromatic N) is 1. The van der Waals surface area contributed by atoms with Crippen molar-refractivity contribution in [2.45, 2.75) is 18.7 Å². The predicted molar refractivity (Wildman–Crippen MR) is 134 cm³/mol. The fraction of sp³-hybridized carbons (Fsp3) is 0.0741. The molecule has 0 bridgehead atoms. The monoisotopic (exact) mass is 427 g/mol. The third-order valence-electron chi connectivity index (χ3n) is 3.95. The van der Waals surface area contributed by atoms with Crippen molar-refractivity contribution >= 4 is 35.6 Å². The fourth-order valence-electron chi connectivity index (χ4n) is 2.72. The number of rotatable bonds is 4. The Bertz CT molecular complexity index is 891. The summed E-state index contributed by atoms with van der Waals surface area (Å²) in [5, 5.41) is 14.4. The van der Waals surface area contributed by atoms with Gasteiger partial charge < -0.3 is 0 Å². The van der Waals surface area contributed by atoms with Gasteiger partial charge in [-0.2, -0.15) is 5.26 Å². The van der Waals surface area contributed by atoms with E-state index in [0.29, 0.717) is 0 Å². The third-order valence-corrected chi connectivity index (χ3v) is 6.99. The zero-order valence-electron chi connectivity index (χ0n) is 17.3. The summed E-state index contributed by atoms with van der Waals surface area (Å²) in [7, 11) is -0.446. The van der Waals surface area contributed by atoms with Crippen LogP contribution in [0.5, 0.6) is 0 Å². The van der Waals surface area contributed by atoms with Crippen LogP contribution in [0.4, 0.5) is 0 Å². The molecule has 4 aromatic carbocycles. The van der Waals surface area contributed by atoms with Gasteiger partial charge in [-0.15, -0.1) is 0 Å². The molecule has 0 fully saturated rings. The van der Waals surface area contributed by atoms with Crippen LogP contribution in [0.15, 0.2) is 126 Å². The Hall–Kier alpha value is -2.85. The molecule has 4 aromatic rings. The van der Waals surface area contributed by atoms with Crippen molar-refractivity contribution in [2.24, 2.45) is 0 Å². The van der Waals surface area contributed by atoms with Crippen LogP contribution in [0.1, 0.15) is 13.8 Å². The first kappa shape index (κ1) is 23.4. The SMILES string of the molecule is CC.N#CSc1ccccc1.c1ccc(P(c2ccccc2)c2ccccc2)cc1. The first-order valence-corrected chi connectivity index (χ1v) is 12.1. The zero-order chi connectivity index (χ0) is 21.4. The van der Waals surface area contributed by atoms with E-state index >= 15 is 0 Å². The minimum absolute atomic E-state index is 0.446. The van der Waals surface area contributed by atoms with Crippen molar-refractivity contribution in [1.82, 2.24) is 0 Å². The highest BCUT2D eigenvalue weighted by Gasteiger charge is 2.14. The molecule has 3 heteroatoms. The molecule has 0 heterocycles. The lowest BCUT2D eigenvalue weighted by Gasteiger charge is -2.18. The van der Waals surface area contributed by atoms with Crippen LogP contribution in [0.25, 0.3) is 0 Å². The summed E-state index contributed by atoms with van der Waals surface area (Å²) < 4.78 is 0. The van der Waals surface area contributed by atoms with Gasteiger partial charge in [-0.05, 0) is 47.7 Å². The lowest BCUT2D eigenvalue weighted by molar-refractivity contribution is 1.47. The molecule has 0 saturated heterocycles. The number of nitriles is 1. The lowest BCUT2D eigenvalue weighted by Crippen LogP contribution is -2.20. The Kier molecular flexibility index (Phi) is 11.1. The number of thioether (sulfide) groups is 1. The molecule has 0 aromatic heterocycles. The Morgan fingerprint density at radius 3 is 1.13 bits per heavy atom. The van der Waals surface area contributed by atoms with E-state index in [2.05, 4.69) is 91.0 Å². The zero-order valence-corrected chi connectivity index (χ0v) is 19.1. The van der Waals surface area contributed by atoms with Crippen LogP contribution in [0.2, 0.25) is 0 Å². The van der Waals surface area contributed by atoms with E-state index in [1.807, 2.05) is 49.6 Å². The van der Waals surface area contributed by atoms with Crippen molar-refractivity contribution in [2.75, 3.05) is 0 Å². The van der Waals surface area contributed by atoms with Gasteiger partial charge in [-0.25, -0.2) is 0 Å². The van der Waals surface area contributed by atoms with Crippen LogP contribution >= 0.6 is 19.7 Å². The maximum atomic E-state index is 8.23. The van der Waals surface area contributed by atoms with Gasteiger partial charge in [-0.3, -0.25) is 0 Å². The number of benzene rings is 4. The normalized spacial score (nSPS) is 9.40. The summed E-state index contributed by atoms with van der Waals surface area (Å²) in [6.07, 6.45) is 0. The number of thiocyanates is 1. The van der Waals surface area contributed by atoms with E-state index in [0.717, 1.165) is 4.90 Å². The van der Waals surface area contributed by atoms with Gasteiger partial charge in [0.25, 0.3) is 0 Å². The van der Waals surface area contributed by atoms with Crippen LogP contribution < -0.4 is 15.9 Å². The first-order valence-electron chi connectivity index (χ1n) is 9.95. The second kappa shape index (κ2) is 14.2. The molecule has 0 spiro atoms. The first-order chi connectivity index (χ1) is 14.9. The predicted octanol–water partition coefficient (Wildman–Crippen LogP) is 6.73. The second-order valence-electron chi connectivity index (χ2n) is 5.85. The molecular weight excluding hydrogens is 401 g/mol. The highest BCUT2D eigenvalue weighted by molar-refractivity contribution is 8.03. The molecule has 0 radical (unpaired) electrons. The molecule has 0 amide bonds. The van der Waals surface area contributed by atoms with Crippen molar-refractivity contribution in [1.29, 1.82) is 5.26 Å². The molecule has 0 atom stereocenters. The quantitative estimate of drug-likeness (QED) is 0.205. The van der Waals surface area contributed by atoms with Gasteiger partial charge in [-0.1, -0.05) is 123 Å². The molecular formula is C27H26NPS. The molecule has 0 saturated carbocycles. The standard InChI is InChI=1S/C18H15P.C7H5NS.C2H6/c1-4-10-16(11-5-1)19(17-12-6-2-7-13-17)18-14-8-3-9-15-18;8-6-9-7-4-2-1-3-5-7;1-2/h1-15H;1-5H;1-2H3. The van der Waals surface area contributed by atoms with Crippen molar-refractivity contribution in [3.05, 3.63) is 121 Å².